The average Bonchev–Trinajstić information content (AvgIpc) is 3.28. The zero-order valence-electron chi connectivity index (χ0n) is 24.3. The summed E-state index contributed by atoms with van der Waals surface area (Å²) in [6.45, 7) is 12.8. The number of carbonyl (C=O) groups is 1. The molecule has 9 heteroatoms. The maximum Gasteiger partial charge on any atom is 0.228 e. The van der Waals surface area contributed by atoms with Crippen molar-refractivity contribution >= 4 is 49.6 Å². The van der Waals surface area contributed by atoms with Crippen LogP contribution in [-0.4, -0.2) is 44.1 Å². The molecule has 216 valence electrons. The van der Waals surface area contributed by atoms with Gasteiger partial charge in [0.05, 0.1) is 23.0 Å². The number of carbonyl (C=O) groups excluding carboxylic acids is 1. The van der Waals surface area contributed by atoms with E-state index in [4.69, 9.17) is 20.4 Å². The number of unbranched alkanes of at least 4 members (excludes halogenated alkanes) is 1. The number of hydrogen-bond donors (Lipinski definition) is 3. The molecule has 40 heavy (non-hydrogen) atoms. The fourth-order valence-electron chi connectivity index (χ4n) is 4.63. The number of fused-ring (bicyclic) bond motifs is 3. The number of nitrogens with zero attached hydrogens (tertiary/aromatic N) is 3. The highest BCUT2D eigenvalue weighted by Crippen LogP contribution is 2.34. The average molecular weight is 613 g/mol. The van der Waals surface area contributed by atoms with E-state index in [-0.39, 0.29) is 16.7 Å². The van der Waals surface area contributed by atoms with Gasteiger partial charge in [-0.15, -0.1) is 0 Å². The van der Waals surface area contributed by atoms with Gasteiger partial charge in [-0.05, 0) is 54.7 Å². The predicted octanol–water partition coefficient (Wildman–Crippen LogP) is 6.14. The number of nitrogens with two attached hydrogens (primary N) is 2. The lowest BCUT2D eigenvalue weighted by atomic mass is 9.84. The summed E-state index contributed by atoms with van der Waals surface area (Å²) in [7, 11) is 0. The van der Waals surface area contributed by atoms with Crippen LogP contribution in [0.15, 0.2) is 36.4 Å². The molecule has 8 nitrogen and oxygen atoms in total. The van der Waals surface area contributed by atoms with Crippen molar-refractivity contribution < 1.29 is 14.6 Å². The second-order valence-corrected chi connectivity index (χ2v) is 11.4. The molecule has 0 aliphatic carbocycles. The molecule has 0 saturated carbocycles. The molecule has 0 unspecified atom stereocenters. The monoisotopic (exact) mass is 611 g/mol. The molecule has 4 aromatic rings. The first-order valence-electron chi connectivity index (χ1n) is 13.8. The summed E-state index contributed by atoms with van der Waals surface area (Å²) in [5.74, 6) is 1.46. The van der Waals surface area contributed by atoms with Gasteiger partial charge < -0.3 is 25.9 Å². The van der Waals surface area contributed by atoms with E-state index in [1.807, 2.05) is 19.1 Å². The third-order valence-corrected chi connectivity index (χ3v) is 7.41. The molecule has 2 aromatic heterocycles. The van der Waals surface area contributed by atoms with Crippen molar-refractivity contribution in [1.29, 1.82) is 0 Å². The number of aromatic nitrogens is 3. The summed E-state index contributed by atoms with van der Waals surface area (Å²) >= 11 is 2.84. The van der Waals surface area contributed by atoms with E-state index in [1.54, 1.807) is 6.07 Å². The molecule has 1 amide bonds. The van der Waals surface area contributed by atoms with E-state index < -0.39 is 0 Å². The lowest BCUT2D eigenvalue weighted by Crippen LogP contribution is -2.24. The van der Waals surface area contributed by atoms with Crippen LogP contribution in [-0.2, 0) is 27.9 Å². The number of alkyl halides is 1. The Morgan fingerprint density at radius 3 is 2.48 bits per heavy atom. The summed E-state index contributed by atoms with van der Waals surface area (Å²) in [4.78, 5) is 19.2. The number of rotatable bonds is 11. The molecule has 0 fully saturated rings. The highest BCUT2D eigenvalue weighted by atomic mass is 79.9. The Morgan fingerprint density at radius 1 is 1.12 bits per heavy atom. The van der Waals surface area contributed by atoms with E-state index in [0.717, 1.165) is 71.2 Å². The van der Waals surface area contributed by atoms with E-state index in [0.29, 0.717) is 24.7 Å². The fourth-order valence-corrected chi connectivity index (χ4v) is 4.63. The number of anilines is 1. The first kappa shape index (κ1) is 31.4. The number of pyridine rings is 1. The Kier molecular flexibility index (Phi) is 10.9. The number of benzene rings is 2. The minimum Gasteiger partial charge on any atom is -0.508 e. The molecule has 0 aliphatic rings. The third-order valence-electron chi connectivity index (χ3n) is 6.86. The second-order valence-electron chi connectivity index (χ2n) is 10.8. The van der Waals surface area contributed by atoms with E-state index >= 15 is 0 Å². The van der Waals surface area contributed by atoms with Crippen LogP contribution in [0.1, 0.15) is 69.5 Å². The quantitative estimate of drug-likeness (QED) is 0.138. The van der Waals surface area contributed by atoms with Crippen LogP contribution >= 0.6 is 15.9 Å². The number of halogens is 1. The normalized spacial score (nSPS) is 11.6. The zero-order chi connectivity index (χ0) is 29.4. The maximum absolute atomic E-state index is 10.0. The summed E-state index contributed by atoms with van der Waals surface area (Å²) in [5, 5.41) is 11.3. The van der Waals surface area contributed by atoms with Crippen molar-refractivity contribution in [2.24, 2.45) is 5.73 Å². The number of aryl methyl sites for hydroxylation is 2. The molecule has 0 bridgehead atoms. The molecular formula is C31H42BrN5O3. The third kappa shape index (κ3) is 7.52. The molecule has 0 aliphatic heterocycles. The minimum atomic E-state index is -0.329. The number of amides is 1. The predicted molar refractivity (Wildman–Crippen MR) is 167 cm³/mol. The van der Waals surface area contributed by atoms with Gasteiger partial charge in [0.1, 0.15) is 17.1 Å². The highest BCUT2D eigenvalue weighted by Gasteiger charge is 2.24. The summed E-state index contributed by atoms with van der Waals surface area (Å²) in [6, 6.07) is 12.2. The number of hydrogen-bond acceptors (Lipinski definition) is 6. The maximum atomic E-state index is 10.0. The van der Waals surface area contributed by atoms with Crippen molar-refractivity contribution in [3.63, 3.8) is 0 Å². The van der Waals surface area contributed by atoms with Crippen LogP contribution in [0.3, 0.4) is 0 Å². The van der Waals surface area contributed by atoms with Gasteiger partial charge in [0.25, 0.3) is 0 Å². The fraction of sp³-hybridized carbons (Fsp3) is 0.452. The van der Waals surface area contributed by atoms with Gasteiger partial charge in [-0.2, -0.15) is 0 Å². The Balaban J connectivity index is 0.000000810. The first-order chi connectivity index (χ1) is 19.0. The van der Waals surface area contributed by atoms with Crippen molar-refractivity contribution in [1.82, 2.24) is 14.5 Å². The van der Waals surface area contributed by atoms with Crippen LogP contribution in [0.5, 0.6) is 5.75 Å². The Labute approximate surface area is 245 Å². The lowest BCUT2D eigenvalue weighted by molar-refractivity contribution is -0.115. The van der Waals surface area contributed by atoms with Gasteiger partial charge >= 0.3 is 0 Å². The van der Waals surface area contributed by atoms with E-state index in [2.05, 4.69) is 72.1 Å². The summed E-state index contributed by atoms with van der Waals surface area (Å²) < 4.78 is 8.21. The number of imidazole rings is 1. The Hall–Kier alpha value is -3.17. The number of aromatic hydroxyl groups is 1. The highest BCUT2D eigenvalue weighted by molar-refractivity contribution is 9.09. The van der Waals surface area contributed by atoms with Crippen molar-refractivity contribution in [3.05, 3.63) is 58.9 Å². The van der Waals surface area contributed by atoms with Gasteiger partial charge in [-0.3, -0.25) is 4.79 Å². The molecule has 4 rings (SSSR count). The van der Waals surface area contributed by atoms with Crippen LogP contribution in [0.2, 0.25) is 0 Å². The molecule has 5 N–H and O–H groups in total. The van der Waals surface area contributed by atoms with Crippen LogP contribution < -0.4 is 11.5 Å². The van der Waals surface area contributed by atoms with E-state index in [1.165, 1.54) is 5.56 Å². The van der Waals surface area contributed by atoms with Gasteiger partial charge in [0.2, 0.25) is 5.91 Å². The molecule has 0 radical (unpaired) electrons. The summed E-state index contributed by atoms with van der Waals surface area (Å²) in [6.07, 6.45) is 4.02. The SMILES string of the molecule is CCCCc1nc2c(N)nc3ccc(C(C)(C)COCCC)cc3c2n1Cc1ccc(O)c(C)c1.NC(=O)CBr. The van der Waals surface area contributed by atoms with Gasteiger partial charge in [0, 0.05) is 30.4 Å². The molecule has 2 aromatic carbocycles. The molecule has 0 saturated heterocycles. The zero-order valence-corrected chi connectivity index (χ0v) is 25.8. The number of phenols is 1. The topological polar surface area (TPSA) is 129 Å². The smallest absolute Gasteiger partial charge is 0.228 e. The molecule has 2 heterocycles. The standard InChI is InChI=1S/C29H38N4O2.C2H4BrNO/c1-6-8-9-25-32-26-27(33(25)17-20-10-13-24(34)19(3)15-20)22-16-21(11-12-23(22)31-28(26)30)29(4,5)18-35-14-7-2;3-1-2(4)5/h10-13,15-16,34H,6-9,14,17-18H2,1-5H3,(H2,30,31);1H2,(H2,4,5). The number of ether oxygens (including phenoxy) is 1. The largest absolute Gasteiger partial charge is 0.508 e. The minimum absolute atomic E-state index is 0.138. The van der Waals surface area contributed by atoms with Crippen molar-refractivity contribution in [2.45, 2.75) is 72.3 Å². The molecule has 0 atom stereocenters. The summed E-state index contributed by atoms with van der Waals surface area (Å²) in [5.41, 5.74) is 16.7. The van der Waals surface area contributed by atoms with Gasteiger partial charge in [-0.1, -0.05) is 68.2 Å². The number of nitrogen functional groups attached to an aromatic ring is 1. The second kappa shape index (κ2) is 13.9. The van der Waals surface area contributed by atoms with Crippen LogP contribution in [0.25, 0.3) is 21.9 Å². The molecular weight excluding hydrogens is 570 g/mol. The number of phenolic OH excluding ortho intramolecular Hbond substituents is 1. The van der Waals surface area contributed by atoms with Crippen LogP contribution in [0.4, 0.5) is 5.82 Å². The number of primary amides is 1. The Bertz CT molecular complexity index is 1460. The van der Waals surface area contributed by atoms with Gasteiger partial charge in [0.15, 0.2) is 5.82 Å². The molecule has 0 spiro atoms. The van der Waals surface area contributed by atoms with E-state index in [9.17, 15) is 9.90 Å². The lowest BCUT2D eigenvalue weighted by Gasteiger charge is -2.25. The Morgan fingerprint density at radius 2 is 1.85 bits per heavy atom. The van der Waals surface area contributed by atoms with Crippen molar-refractivity contribution in [3.8, 4) is 5.75 Å². The first-order valence-corrected chi connectivity index (χ1v) is 14.9. The van der Waals surface area contributed by atoms with Gasteiger partial charge in [-0.25, -0.2) is 9.97 Å². The van der Waals surface area contributed by atoms with Crippen LogP contribution in [0, 0.1) is 6.92 Å². The van der Waals surface area contributed by atoms with Crippen molar-refractivity contribution in [2.75, 3.05) is 24.3 Å².